The van der Waals surface area contributed by atoms with Crippen molar-refractivity contribution in [3.8, 4) is 0 Å². The fourth-order valence-electron chi connectivity index (χ4n) is 1.53. The maximum Gasteiger partial charge on any atom is 0.322 e. The van der Waals surface area contributed by atoms with Crippen molar-refractivity contribution in [1.82, 2.24) is 5.32 Å². The topological polar surface area (TPSA) is 75.6 Å². The Labute approximate surface area is 76.1 Å². The molecule has 5 nitrogen and oxygen atoms in total. The van der Waals surface area contributed by atoms with E-state index < -0.39 is 5.97 Å². The monoisotopic (exact) mass is 187 g/mol. The minimum atomic E-state index is -0.822. The Morgan fingerprint density at radius 1 is 1.62 bits per heavy atom. The van der Waals surface area contributed by atoms with Gasteiger partial charge in [0.25, 0.3) is 0 Å². The fourth-order valence-corrected chi connectivity index (χ4v) is 1.53. The zero-order valence-corrected chi connectivity index (χ0v) is 7.45. The molecule has 0 spiro atoms. The van der Waals surface area contributed by atoms with Crippen molar-refractivity contribution in [2.45, 2.75) is 18.9 Å². The maximum atomic E-state index is 11.0. The lowest BCUT2D eigenvalue weighted by Gasteiger charge is -2.06. The van der Waals surface area contributed by atoms with Crippen molar-refractivity contribution in [3.05, 3.63) is 0 Å². The Morgan fingerprint density at radius 3 is 2.85 bits per heavy atom. The van der Waals surface area contributed by atoms with Gasteiger partial charge in [-0.05, 0) is 18.9 Å². The third-order valence-corrected chi connectivity index (χ3v) is 2.17. The molecule has 0 radical (unpaired) electrons. The molecule has 2 unspecified atom stereocenters. The number of nitrogens with one attached hydrogen (secondary N) is 1. The van der Waals surface area contributed by atoms with Crippen molar-refractivity contribution in [2.24, 2.45) is 5.92 Å². The number of esters is 1. The number of carboxylic acids is 1. The second-order valence-corrected chi connectivity index (χ2v) is 3.18. The molecule has 1 rings (SSSR count). The van der Waals surface area contributed by atoms with Crippen LogP contribution in [0.4, 0.5) is 0 Å². The van der Waals surface area contributed by atoms with Crippen LogP contribution in [0.5, 0.6) is 0 Å². The molecule has 1 heterocycles. The first-order valence-corrected chi connectivity index (χ1v) is 4.16. The number of methoxy groups -OCH3 is 1. The molecule has 74 valence electrons. The summed E-state index contributed by atoms with van der Waals surface area (Å²) in [5.74, 6) is -1.09. The first kappa shape index (κ1) is 9.98. The molecule has 5 heteroatoms. The van der Waals surface area contributed by atoms with Crippen LogP contribution in [0.2, 0.25) is 0 Å². The number of hydrogen-bond acceptors (Lipinski definition) is 4. The molecule has 1 fully saturated rings. The third kappa shape index (κ3) is 2.69. The highest BCUT2D eigenvalue weighted by molar-refractivity contribution is 5.76. The van der Waals surface area contributed by atoms with E-state index in [1.807, 2.05) is 0 Å². The van der Waals surface area contributed by atoms with Gasteiger partial charge in [0, 0.05) is 6.42 Å². The summed E-state index contributed by atoms with van der Waals surface area (Å²) < 4.78 is 4.54. The standard InChI is InChI=1S/C8H13NO4/c1-13-8(12)6-2-5(4-9-6)3-7(10)11/h5-6,9H,2-4H2,1H3,(H,10,11). The van der Waals surface area contributed by atoms with Gasteiger partial charge in [0.2, 0.25) is 0 Å². The van der Waals surface area contributed by atoms with Crippen LogP contribution in [0, 0.1) is 5.92 Å². The van der Waals surface area contributed by atoms with Crippen LogP contribution in [-0.4, -0.2) is 36.7 Å². The number of carboxylic acid groups (broad SMARTS) is 1. The number of rotatable bonds is 3. The molecule has 0 amide bonds. The highest BCUT2D eigenvalue weighted by Gasteiger charge is 2.30. The van der Waals surface area contributed by atoms with E-state index in [1.165, 1.54) is 7.11 Å². The van der Waals surface area contributed by atoms with Crippen LogP contribution in [0.15, 0.2) is 0 Å². The van der Waals surface area contributed by atoms with Crippen molar-refractivity contribution in [1.29, 1.82) is 0 Å². The highest BCUT2D eigenvalue weighted by atomic mass is 16.5. The lowest BCUT2D eigenvalue weighted by Crippen LogP contribution is -2.31. The molecular weight excluding hydrogens is 174 g/mol. The molecule has 2 atom stereocenters. The Morgan fingerprint density at radius 2 is 2.31 bits per heavy atom. The molecule has 0 saturated carbocycles. The average Bonchev–Trinajstić information content (AvgIpc) is 2.50. The molecule has 2 N–H and O–H groups in total. The van der Waals surface area contributed by atoms with E-state index >= 15 is 0 Å². The predicted molar refractivity (Wildman–Crippen MR) is 44.2 cm³/mol. The zero-order chi connectivity index (χ0) is 9.84. The number of ether oxygens (including phenoxy) is 1. The van der Waals surface area contributed by atoms with Crippen LogP contribution in [0.1, 0.15) is 12.8 Å². The van der Waals surface area contributed by atoms with Gasteiger partial charge in [-0.15, -0.1) is 0 Å². The Bertz CT molecular complexity index is 216. The summed E-state index contributed by atoms with van der Waals surface area (Å²) in [6.07, 6.45) is 0.666. The number of carbonyl (C=O) groups excluding carboxylic acids is 1. The smallest absolute Gasteiger partial charge is 0.322 e. The number of aliphatic carboxylic acids is 1. The highest BCUT2D eigenvalue weighted by Crippen LogP contribution is 2.17. The molecular formula is C8H13NO4. The molecule has 0 aliphatic carbocycles. The lowest BCUT2D eigenvalue weighted by atomic mass is 10.0. The second kappa shape index (κ2) is 4.23. The molecule has 1 aliphatic heterocycles. The summed E-state index contributed by atoms with van der Waals surface area (Å²) in [5, 5.41) is 11.4. The summed E-state index contributed by atoms with van der Waals surface area (Å²) in [5.41, 5.74) is 0. The normalized spacial score (nSPS) is 27.2. The molecule has 13 heavy (non-hydrogen) atoms. The van der Waals surface area contributed by atoms with E-state index in [0.29, 0.717) is 13.0 Å². The van der Waals surface area contributed by atoms with Crippen LogP contribution in [-0.2, 0) is 14.3 Å². The van der Waals surface area contributed by atoms with Crippen LogP contribution in [0.3, 0.4) is 0 Å². The summed E-state index contributed by atoms with van der Waals surface area (Å²) in [6, 6.07) is -0.325. The first-order chi connectivity index (χ1) is 6.13. The van der Waals surface area contributed by atoms with E-state index in [-0.39, 0.29) is 24.3 Å². The Hall–Kier alpha value is -1.10. The van der Waals surface area contributed by atoms with E-state index in [0.717, 1.165) is 0 Å². The lowest BCUT2D eigenvalue weighted by molar-refractivity contribution is -0.143. The number of hydrogen-bond donors (Lipinski definition) is 2. The van der Waals surface area contributed by atoms with E-state index in [1.54, 1.807) is 0 Å². The molecule has 1 aliphatic rings. The zero-order valence-electron chi connectivity index (χ0n) is 7.45. The van der Waals surface area contributed by atoms with Gasteiger partial charge < -0.3 is 15.2 Å². The van der Waals surface area contributed by atoms with Gasteiger partial charge in [-0.3, -0.25) is 9.59 Å². The number of carbonyl (C=O) groups is 2. The third-order valence-electron chi connectivity index (χ3n) is 2.17. The van der Waals surface area contributed by atoms with Crippen molar-refractivity contribution >= 4 is 11.9 Å². The van der Waals surface area contributed by atoms with Gasteiger partial charge in [-0.2, -0.15) is 0 Å². The maximum absolute atomic E-state index is 11.0. The predicted octanol–water partition coefficient (Wildman–Crippen LogP) is -0.388. The van der Waals surface area contributed by atoms with Crippen molar-refractivity contribution in [2.75, 3.05) is 13.7 Å². The van der Waals surface area contributed by atoms with Gasteiger partial charge >= 0.3 is 11.9 Å². The van der Waals surface area contributed by atoms with Crippen molar-refractivity contribution < 1.29 is 19.4 Å². The quantitative estimate of drug-likeness (QED) is 0.588. The van der Waals surface area contributed by atoms with Crippen LogP contribution < -0.4 is 5.32 Å². The van der Waals surface area contributed by atoms with Crippen molar-refractivity contribution in [3.63, 3.8) is 0 Å². The van der Waals surface area contributed by atoms with Gasteiger partial charge in [-0.25, -0.2) is 0 Å². The molecule has 0 aromatic carbocycles. The molecule has 0 aromatic heterocycles. The largest absolute Gasteiger partial charge is 0.481 e. The second-order valence-electron chi connectivity index (χ2n) is 3.18. The van der Waals surface area contributed by atoms with E-state index in [2.05, 4.69) is 10.1 Å². The minimum absolute atomic E-state index is 0.0431. The van der Waals surface area contributed by atoms with E-state index in [4.69, 9.17) is 5.11 Å². The summed E-state index contributed by atoms with van der Waals surface area (Å²) in [4.78, 5) is 21.4. The fraction of sp³-hybridized carbons (Fsp3) is 0.750. The summed E-state index contributed by atoms with van der Waals surface area (Å²) >= 11 is 0. The van der Waals surface area contributed by atoms with E-state index in [9.17, 15) is 9.59 Å². The Kier molecular flexibility index (Phi) is 3.25. The van der Waals surface area contributed by atoms with Crippen LogP contribution in [0.25, 0.3) is 0 Å². The average molecular weight is 187 g/mol. The SMILES string of the molecule is COC(=O)C1CC(CC(=O)O)CN1. The summed E-state index contributed by atoms with van der Waals surface area (Å²) in [6.45, 7) is 0.575. The van der Waals surface area contributed by atoms with Gasteiger partial charge in [0.05, 0.1) is 7.11 Å². The van der Waals surface area contributed by atoms with Crippen LogP contribution >= 0.6 is 0 Å². The van der Waals surface area contributed by atoms with Gasteiger partial charge in [-0.1, -0.05) is 0 Å². The van der Waals surface area contributed by atoms with Gasteiger partial charge in [0.1, 0.15) is 6.04 Å². The summed E-state index contributed by atoms with van der Waals surface area (Å²) in [7, 11) is 1.33. The van der Waals surface area contributed by atoms with Gasteiger partial charge in [0.15, 0.2) is 0 Å². The molecule has 1 saturated heterocycles. The molecule has 0 bridgehead atoms. The minimum Gasteiger partial charge on any atom is -0.481 e. The molecule has 0 aromatic rings. The Balaban J connectivity index is 2.36. The first-order valence-electron chi connectivity index (χ1n) is 4.16.